The number of benzene rings is 1. The Morgan fingerprint density at radius 2 is 2.00 bits per heavy atom. The van der Waals surface area contributed by atoms with Crippen molar-refractivity contribution in [3.63, 3.8) is 0 Å². The monoisotopic (exact) mass is 335 g/mol. The molecular weight excluding hydrogens is 314 g/mol. The zero-order valence-electron chi connectivity index (χ0n) is 13.1. The smallest absolute Gasteiger partial charge is 0.322 e. The second-order valence-corrected chi connectivity index (χ2v) is 6.92. The van der Waals surface area contributed by atoms with Gasteiger partial charge in [-0.1, -0.05) is 0 Å². The first-order valence-electron chi connectivity index (χ1n) is 7.80. The fraction of sp³-hybridized carbons (Fsp3) is 0.500. The topological polar surface area (TPSA) is 70.7 Å². The molecule has 1 aliphatic carbocycles. The third-order valence-corrected chi connectivity index (χ3v) is 4.86. The number of carbonyl (C=O) groups excluding carboxylic acids is 2. The van der Waals surface area contributed by atoms with Gasteiger partial charge in [-0.15, -0.1) is 0 Å². The van der Waals surface area contributed by atoms with Crippen LogP contribution in [0.1, 0.15) is 23.2 Å². The van der Waals surface area contributed by atoms with E-state index in [9.17, 15) is 9.59 Å². The number of ether oxygens (including phenoxy) is 1. The minimum Gasteiger partial charge on any atom is -0.495 e. The average Bonchev–Trinajstić information content (AvgIpc) is 3.39. The average molecular weight is 335 g/mol. The predicted octanol–water partition coefficient (Wildman–Crippen LogP) is 2.17. The van der Waals surface area contributed by atoms with Crippen LogP contribution in [0.25, 0.3) is 0 Å². The number of methoxy groups -OCH3 is 1. The van der Waals surface area contributed by atoms with Crippen LogP contribution in [0.3, 0.4) is 0 Å². The third-order valence-electron chi connectivity index (χ3n) is 3.91. The van der Waals surface area contributed by atoms with Crippen molar-refractivity contribution in [2.24, 2.45) is 0 Å². The number of amides is 3. The molecule has 6 nitrogen and oxygen atoms in total. The van der Waals surface area contributed by atoms with Crippen LogP contribution in [0.2, 0.25) is 0 Å². The molecule has 1 saturated carbocycles. The highest BCUT2D eigenvalue weighted by Gasteiger charge is 2.24. The summed E-state index contributed by atoms with van der Waals surface area (Å²) < 4.78 is 5.29. The van der Waals surface area contributed by atoms with Crippen LogP contribution in [0, 0.1) is 0 Å². The highest BCUT2D eigenvalue weighted by Crippen LogP contribution is 2.27. The summed E-state index contributed by atoms with van der Waals surface area (Å²) in [7, 11) is 1.55. The normalized spacial score (nSPS) is 17.5. The summed E-state index contributed by atoms with van der Waals surface area (Å²) >= 11 is 1.85. The summed E-state index contributed by atoms with van der Waals surface area (Å²) in [6.45, 7) is 1.47. The number of hydrogen-bond donors (Lipinski definition) is 2. The Kier molecular flexibility index (Phi) is 4.95. The summed E-state index contributed by atoms with van der Waals surface area (Å²) in [6, 6.07) is 5.25. The van der Waals surface area contributed by atoms with Crippen molar-refractivity contribution in [1.29, 1.82) is 0 Å². The molecule has 1 aliphatic heterocycles. The molecule has 3 rings (SSSR count). The predicted molar refractivity (Wildman–Crippen MR) is 91.4 cm³/mol. The maximum Gasteiger partial charge on any atom is 0.322 e. The number of nitrogens with zero attached hydrogens (tertiary/aromatic N) is 1. The van der Waals surface area contributed by atoms with Crippen LogP contribution in [0.5, 0.6) is 5.75 Å². The van der Waals surface area contributed by atoms with Crippen molar-refractivity contribution >= 4 is 29.4 Å². The fourth-order valence-electron chi connectivity index (χ4n) is 2.40. The van der Waals surface area contributed by atoms with Crippen molar-refractivity contribution in [1.82, 2.24) is 10.2 Å². The van der Waals surface area contributed by atoms with Crippen LogP contribution in [-0.4, -0.2) is 54.6 Å². The van der Waals surface area contributed by atoms with Gasteiger partial charge in [-0.3, -0.25) is 4.79 Å². The van der Waals surface area contributed by atoms with Crippen LogP contribution in [0.4, 0.5) is 10.5 Å². The maximum atomic E-state index is 12.4. The SMILES string of the molecule is COc1ccc(C(=O)NC2CC2)cc1NC(=O)N1CCSCC1. The van der Waals surface area contributed by atoms with Gasteiger partial charge in [-0.05, 0) is 31.0 Å². The van der Waals surface area contributed by atoms with Crippen LogP contribution >= 0.6 is 11.8 Å². The Morgan fingerprint density at radius 1 is 1.26 bits per heavy atom. The lowest BCUT2D eigenvalue weighted by molar-refractivity contribution is 0.0951. The molecule has 1 aromatic carbocycles. The second kappa shape index (κ2) is 7.12. The molecule has 2 N–H and O–H groups in total. The van der Waals surface area contributed by atoms with Gasteiger partial charge in [0, 0.05) is 36.2 Å². The molecule has 0 unspecified atom stereocenters. The fourth-order valence-corrected chi connectivity index (χ4v) is 3.31. The van der Waals surface area contributed by atoms with Gasteiger partial charge in [-0.2, -0.15) is 11.8 Å². The van der Waals surface area contributed by atoms with E-state index in [2.05, 4.69) is 10.6 Å². The van der Waals surface area contributed by atoms with Crippen LogP contribution in [0.15, 0.2) is 18.2 Å². The first-order valence-corrected chi connectivity index (χ1v) is 8.95. The van der Waals surface area contributed by atoms with Crippen molar-refractivity contribution in [2.45, 2.75) is 18.9 Å². The van der Waals surface area contributed by atoms with E-state index in [1.807, 2.05) is 11.8 Å². The lowest BCUT2D eigenvalue weighted by Crippen LogP contribution is -2.40. The van der Waals surface area contributed by atoms with Gasteiger partial charge in [0.2, 0.25) is 0 Å². The van der Waals surface area contributed by atoms with Crippen molar-refractivity contribution in [3.8, 4) is 5.75 Å². The highest BCUT2D eigenvalue weighted by atomic mass is 32.2. The lowest BCUT2D eigenvalue weighted by atomic mass is 10.1. The minimum absolute atomic E-state index is 0.111. The number of hydrogen-bond acceptors (Lipinski definition) is 4. The van der Waals surface area contributed by atoms with E-state index < -0.39 is 0 Å². The molecule has 3 amide bonds. The minimum atomic E-state index is -0.150. The zero-order valence-corrected chi connectivity index (χ0v) is 13.9. The molecule has 1 saturated heterocycles. The first-order chi connectivity index (χ1) is 11.2. The van der Waals surface area contributed by atoms with Gasteiger partial charge in [-0.25, -0.2) is 4.79 Å². The molecule has 0 aromatic heterocycles. The van der Waals surface area contributed by atoms with Gasteiger partial charge in [0.1, 0.15) is 5.75 Å². The Balaban J connectivity index is 1.72. The largest absolute Gasteiger partial charge is 0.495 e. The van der Waals surface area contributed by atoms with E-state index in [1.54, 1.807) is 30.2 Å². The molecular formula is C16H21N3O3S. The molecule has 23 heavy (non-hydrogen) atoms. The van der Waals surface area contributed by atoms with E-state index >= 15 is 0 Å². The number of rotatable bonds is 4. The number of nitrogens with one attached hydrogen (secondary N) is 2. The van der Waals surface area contributed by atoms with Gasteiger partial charge in [0.15, 0.2) is 0 Å². The molecule has 2 aliphatic rings. The molecule has 0 atom stereocenters. The summed E-state index contributed by atoms with van der Waals surface area (Å²) in [5.74, 6) is 2.34. The molecule has 0 radical (unpaired) electrons. The Hall–Kier alpha value is -1.89. The summed E-state index contributed by atoms with van der Waals surface area (Å²) in [5, 5.41) is 5.81. The van der Waals surface area contributed by atoms with Gasteiger partial charge >= 0.3 is 6.03 Å². The maximum absolute atomic E-state index is 12.4. The highest BCUT2D eigenvalue weighted by molar-refractivity contribution is 7.99. The number of thioether (sulfide) groups is 1. The molecule has 1 heterocycles. The summed E-state index contributed by atoms with van der Waals surface area (Å²) in [6.07, 6.45) is 2.08. The quantitative estimate of drug-likeness (QED) is 0.885. The van der Waals surface area contributed by atoms with Crippen molar-refractivity contribution in [2.75, 3.05) is 37.0 Å². The van der Waals surface area contributed by atoms with Gasteiger partial charge in [0.25, 0.3) is 5.91 Å². The lowest BCUT2D eigenvalue weighted by Gasteiger charge is -2.27. The molecule has 0 bridgehead atoms. The third kappa shape index (κ3) is 4.10. The van der Waals surface area contributed by atoms with Crippen LogP contribution < -0.4 is 15.4 Å². The van der Waals surface area contributed by atoms with Gasteiger partial charge < -0.3 is 20.3 Å². The Labute approximate surface area is 139 Å². The summed E-state index contributed by atoms with van der Waals surface area (Å²) in [5.41, 5.74) is 1.06. The van der Waals surface area contributed by atoms with Gasteiger partial charge in [0.05, 0.1) is 12.8 Å². The zero-order chi connectivity index (χ0) is 16.2. The van der Waals surface area contributed by atoms with E-state index in [1.165, 1.54) is 0 Å². The number of carbonyl (C=O) groups is 2. The molecule has 0 spiro atoms. The van der Waals surface area contributed by atoms with E-state index in [0.717, 1.165) is 37.4 Å². The van der Waals surface area contributed by atoms with Crippen molar-refractivity contribution in [3.05, 3.63) is 23.8 Å². The Morgan fingerprint density at radius 3 is 2.65 bits per heavy atom. The molecule has 124 valence electrons. The standard InChI is InChI=1S/C16H21N3O3S/c1-22-14-5-2-11(15(20)17-12-3-4-12)10-13(14)18-16(21)19-6-8-23-9-7-19/h2,5,10,12H,3-4,6-9H2,1H3,(H,17,20)(H,18,21). The number of anilines is 1. The van der Waals surface area contributed by atoms with Crippen molar-refractivity contribution < 1.29 is 14.3 Å². The number of urea groups is 1. The van der Waals surface area contributed by atoms with Crippen LogP contribution in [-0.2, 0) is 0 Å². The molecule has 1 aromatic rings. The molecule has 2 fully saturated rings. The molecule has 7 heteroatoms. The second-order valence-electron chi connectivity index (χ2n) is 5.69. The Bertz CT molecular complexity index is 598. The van der Waals surface area contributed by atoms with E-state index in [4.69, 9.17) is 4.74 Å². The first kappa shape index (κ1) is 16.0. The van der Waals surface area contributed by atoms with E-state index in [-0.39, 0.29) is 11.9 Å². The summed E-state index contributed by atoms with van der Waals surface area (Å²) in [4.78, 5) is 26.3. The van der Waals surface area contributed by atoms with E-state index in [0.29, 0.717) is 23.0 Å².